The van der Waals surface area contributed by atoms with Crippen molar-refractivity contribution < 1.29 is 18.0 Å². The Kier molecular flexibility index (Phi) is 6.27. The number of urea groups is 1. The largest absolute Gasteiger partial charge is 0.343 e. The summed E-state index contributed by atoms with van der Waals surface area (Å²) in [6.07, 6.45) is 6.29. The molecule has 2 aliphatic carbocycles. The van der Waals surface area contributed by atoms with Crippen LogP contribution in [0.1, 0.15) is 55.4 Å². The second kappa shape index (κ2) is 8.51. The number of benzene rings is 1. The molecule has 8 heteroatoms. The Morgan fingerprint density at radius 2 is 1.68 bits per heavy atom. The average Bonchev–Trinajstić information content (AvgIpc) is 3.26. The lowest BCUT2D eigenvalue weighted by molar-refractivity contribution is -0.128. The van der Waals surface area contributed by atoms with Crippen LogP contribution >= 0.6 is 0 Å². The number of anilines is 1. The average molecular weight is 408 g/mol. The molecule has 28 heavy (non-hydrogen) atoms. The highest BCUT2D eigenvalue weighted by Crippen LogP contribution is 2.38. The summed E-state index contributed by atoms with van der Waals surface area (Å²) >= 11 is 0. The summed E-state index contributed by atoms with van der Waals surface area (Å²) in [6.45, 7) is 4.19. The zero-order valence-electron chi connectivity index (χ0n) is 16.6. The predicted octanol–water partition coefficient (Wildman–Crippen LogP) is 2.37. The topological polar surface area (TPSA) is 95.6 Å². The smallest absolute Gasteiger partial charge is 0.332 e. The highest BCUT2D eigenvalue weighted by atomic mass is 32.2. The van der Waals surface area contributed by atoms with Crippen LogP contribution in [-0.2, 0) is 40.5 Å². The number of fused-ring (bicyclic) bond motifs is 2. The summed E-state index contributed by atoms with van der Waals surface area (Å²) in [5, 5.41) is 2.83. The molecule has 0 spiro atoms. The molecule has 1 aromatic carbocycles. The van der Waals surface area contributed by atoms with Crippen molar-refractivity contribution in [1.29, 1.82) is 0 Å². The van der Waals surface area contributed by atoms with E-state index in [4.69, 9.17) is 0 Å². The third-order valence-corrected chi connectivity index (χ3v) is 6.95. The lowest BCUT2D eigenvalue weighted by Gasteiger charge is -2.19. The first-order valence-corrected chi connectivity index (χ1v) is 11.7. The minimum absolute atomic E-state index is 0.0858. The van der Waals surface area contributed by atoms with Gasteiger partial charge in [-0.3, -0.25) is 4.79 Å². The highest BCUT2D eigenvalue weighted by molar-refractivity contribution is 7.90. The standard InChI is InChI=1S/C20H29N3O4S/c1-3-23(14(2)24)11-6-12-28(26,27)22-20(25)21-19-17-9-4-7-15(17)13-16-8-5-10-18(16)19/h13H,3-12H2,1-2H3,(H2,21,22,25). The first-order chi connectivity index (χ1) is 13.3. The van der Waals surface area contributed by atoms with Crippen LogP contribution in [0.15, 0.2) is 6.07 Å². The van der Waals surface area contributed by atoms with Crippen molar-refractivity contribution in [3.05, 3.63) is 28.3 Å². The summed E-state index contributed by atoms with van der Waals surface area (Å²) in [6, 6.07) is 1.56. The zero-order chi connectivity index (χ0) is 20.3. The van der Waals surface area contributed by atoms with Gasteiger partial charge in [0, 0.05) is 25.7 Å². The molecule has 0 bridgehead atoms. The number of rotatable bonds is 7. The zero-order valence-corrected chi connectivity index (χ0v) is 17.5. The van der Waals surface area contributed by atoms with Crippen LogP contribution in [0.2, 0.25) is 0 Å². The molecular formula is C20H29N3O4S. The van der Waals surface area contributed by atoms with Gasteiger partial charge >= 0.3 is 6.03 Å². The Bertz CT molecular complexity index is 848. The fourth-order valence-electron chi connectivity index (χ4n) is 4.28. The number of nitrogens with zero attached hydrogens (tertiary/aromatic N) is 1. The fraction of sp³-hybridized carbons (Fsp3) is 0.600. The van der Waals surface area contributed by atoms with E-state index in [1.807, 2.05) is 6.92 Å². The summed E-state index contributed by atoms with van der Waals surface area (Å²) in [5.74, 6) is -0.285. The SMILES string of the molecule is CCN(CCCS(=O)(=O)NC(=O)Nc1c2c(cc3c1CCC3)CCC2)C(C)=O. The lowest BCUT2D eigenvalue weighted by atomic mass is 9.99. The van der Waals surface area contributed by atoms with E-state index < -0.39 is 16.1 Å². The molecule has 2 aliphatic rings. The maximum atomic E-state index is 12.4. The molecular weight excluding hydrogens is 378 g/mol. The van der Waals surface area contributed by atoms with E-state index in [0.29, 0.717) is 13.1 Å². The molecule has 0 radical (unpaired) electrons. The second-order valence-electron chi connectivity index (χ2n) is 7.56. The summed E-state index contributed by atoms with van der Waals surface area (Å²) in [5.41, 5.74) is 5.70. The second-order valence-corrected chi connectivity index (χ2v) is 9.40. The van der Waals surface area contributed by atoms with Crippen molar-refractivity contribution in [2.75, 3.05) is 24.2 Å². The molecule has 154 valence electrons. The molecule has 3 rings (SSSR count). The minimum Gasteiger partial charge on any atom is -0.343 e. The fourth-order valence-corrected chi connectivity index (χ4v) is 5.23. The van der Waals surface area contributed by atoms with E-state index in [2.05, 4.69) is 16.1 Å². The lowest BCUT2D eigenvalue weighted by Crippen LogP contribution is -2.37. The van der Waals surface area contributed by atoms with Gasteiger partial charge in [-0.05, 0) is 74.1 Å². The van der Waals surface area contributed by atoms with Gasteiger partial charge in [0.15, 0.2) is 0 Å². The summed E-state index contributed by atoms with van der Waals surface area (Å²) in [4.78, 5) is 25.4. The van der Waals surface area contributed by atoms with Crippen LogP contribution in [0.5, 0.6) is 0 Å². The number of carbonyl (C=O) groups is 2. The van der Waals surface area contributed by atoms with Crippen molar-refractivity contribution in [3.8, 4) is 0 Å². The first-order valence-electron chi connectivity index (χ1n) is 10.0. The Labute approximate surface area is 166 Å². The molecule has 7 nitrogen and oxygen atoms in total. The van der Waals surface area contributed by atoms with E-state index in [0.717, 1.165) is 55.3 Å². The van der Waals surface area contributed by atoms with Gasteiger partial charge < -0.3 is 10.2 Å². The molecule has 0 saturated heterocycles. The van der Waals surface area contributed by atoms with Gasteiger partial charge in [-0.2, -0.15) is 0 Å². The van der Waals surface area contributed by atoms with Crippen LogP contribution in [0.3, 0.4) is 0 Å². The maximum Gasteiger partial charge on any atom is 0.332 e. The van der Waals surface area contributed by atoms with Crippen LogP contribution in [0, 0.1) is 0 Å². The predicted molar refractivity (Wildman–Crippen MR) is 109 cm³/mol. The first kappa shape index (κ1) is 20.6. The third-order valence-electron chi connectivity index (χ3n) is 5.63. The van der Waals surface area contributed by atoms with Crippen molar-refractivity contribution in [3.63, 3.8) is 0 Å². The Morgan fingerprint density at radius 3 is 2.21 bits per heavy atom. The van der Waals surface area contributed by atoms with Crippen LogP contribution in [-0.4, -0.2) is 44.1 Å². The monoisotopic (exact) mass is 407 g/mol. The van der Waals surface area contributed by atoms with E-state index in [9.17, 15) is 18.0 Å². The van der Waals surface area contributed by atoms with E-state index in [1.165, 1.54) is 18.1 Å². The molecule has 0 saturated carbocycles. The van der Waals surface area contributed by atoms with Crippen LogP contribution < -0.4 is 10.0 Å². The van der Waals surface area contributed by atoms with Gasteiger partial charge in [0.05, 0.1) is 5.75 Å². The van der Waals surface area contributed by atoms with Gasteiger partial charge in [-0.25, -0.2) is 17.9 Å². The van der Waals surface area contributed by atoms with Crippen LogP contribution in [0.25, 0.3) is 0 Å². The van der Waals surface area contributed by atoms with Gasteiger partial charge in [-0.15, -0.1) is 0 Å². The summed E-state index contributed by atoms with van der Waals surface area (Å²) < 4.78 is 26.7. The molecule has 0 aromatic heterocycles. The highest BCUT2D eigenvalue weighted by Gasteiger charge is 2.26. The molecule has 0 fully saturated rings. The number of nitrogens with one attached hydrogen (secondary N) is 2. The number of aryl methyl sites for hydroxylation is 2. The molecule has 2 N–H and O–H groups in total. The van der Waals surface area contributed by atoms with E-state index in [1.54, 1.807) is 4.90 Å². The summed E-state index contributed by atoms with van der Waals surface area (Å²) in [7, 11) is -3.76. The van der Waals surface area contributed by atoms with E-state index in [-0.39, 0.29) is 18.1 Å². The van der Waals surface area contributed by atoms with Crippen molar-refractivity contribution in [1.82, 2.24) is 9.62 Å². The molecule has 1 aromatic rings. The van der Waals surface area contributed by atoms with Gasteiger partial charge in [-0.1, -0.05) is 6.07 Å². The number of sulfonamides is 1. The van der Waals surface area contributed by atoms with E-state index >= 15 is 0 Å². The molecule has 0 atom stereocenters. The van der Waals surface area contributed by atoms with Crippen molar-refractivity contribution >= 4 is 27.6 Å². The molecule has 0 heterocycles. The Hall–Kier alpha value is -2.09. The Balaban J connectivity index is 1.62. The van der Waals surface area contributed by atoms with Crippen LogP contribution in [0.4, 0.5) is 10.5 Å². The normalized spacial score (nSPS) is 15.1. The molecule has 0 unspecified atom stereocenters. The van der Waals surface area contributed by atoms with Gasteiger partial charge in [0.25, 0.3) is 0 Å². The van der Waals surface area contributed by atoms with Crippen molar-refractivity contribution in [2.24, 2.45) is 0 Å². The number of amides is 3. The quantitative estimate of drug-likeness (QED) is 0.725. The molecule has 0 aliphatic heterocycles. The Morgan fingerprint density at radius 1 is 1.07 bits per heavy atom. The third kappa shape index (κ3) is 4.66. The number of hydrogen-bond donors (Lipinski definition) is 2. The van der Waals surface area contributed by atoms with Gasteiger partial charge in [0.1, 0.15) is 0 Å². The maximum absolute atomic E-state index is 12.4. The minimum atomic E-state index is -3.76. The molecule has 3 amide bonds. The van der Waals surface area contributed by atoms with Gasteiger partial charge in [0.2, 0.25) is 15.9 Å². The number of carbonyl (C=O) groups excluding carboxylic acids is 2. The van der Waals surface area contributed by atoms with Crippen molar-refractivity contribution in [2.45, 2.75) is 58.8 Å². The number of hydrogen-bond acceptors (Lipinski definition) is 4.